The van der Waals surface area contributed by atoms with Gasteiger partial charge in [-0.15, -0.1) is 0 Å². The molecule has 2 aliphatic heterocycles. The predicted molar refractivity (Wildman–Crippen MR) is 57.2 cm³/mol. The van der Waals surface area contributed by atoms with Crippen LogP contribution in [0.4, 0.5) is 0 Å². The number of nitrogens with zero attached hydrogens (tertiary/aromatic N) is 3. The van der Waals surface area contributed by atoms with Crippen LogP contribution >= 0.6 is 0 Å². The number of hydrogen-bond acceptors (Lipinski definition) is 4. The van der Waals surface area contributed by atoms with Crippen molar-refractivity contribution in [2.45, 2.75) is 26.4 Å². The standard InChI is InChI=1S/C10H13N3O/c1-10(2,3)14-6-8-12-7-4-5-11-9(7)13-8/h4-5H,6H2,1-3H3. The lowest BCUT2D eigenvalue weighted by molar-refractivity contribution is 0.0211. The third-order valence-electron chi connectivity index (χ3n) is 1.78. The molecule has 0 bridgehead atoms. The molecule has 14 heavy (non-hydrogen) atoms. The molecule has 2 rings (SSSR count). The second-order valence-electron chi connectivity index (χ2n) is 4.19. The van der Waals surface area contributed by atoms with E-state index in [1.165, 1.54) is 0 Å². The molecule has 0 amide bonds. The summed E-state index contributed by atoms with van der Waals surface area (Å²) in [5.41, 5.74) is 0.690. The lowest BCUT2D eigenvalue weighted by atomic mass is 10.2. The maximum absolute atomic E-state index is 5.56. The Kier molecular flexibility index (Phi) is 2.07. The zero-order chi connectivity index (χ0) is 10.2. The van der Waals surface area contributed by atoms with Crippen LogP contribution in [0.1, 0.15) is 20.8 Å². The van der Waals surface area contributed by atoms with Crippen molar-refractivity contribution in [3.8, 4) is 0 Å². The molecule has 0 aromatic rings. The molecular weight excluding hydrogens is 178 g/mol. The van der Waals surface area contributed by atoms with E-state index in [9.17, 15) is 0 Å². The van der Waals surface area contributed by atoms with Gasteiger partial charge in [-0.1, -0.05) is 0 Å². The third-order valence-corrected chi connectivity index (χ3v) is 1.78. The molecule has 0 saturated heterocycles. The second kappa shape index (κ2) is 3.13. The van der Waals surface area contributed by atoms with Crippen molar-refractivity contribution in [2.75, 3.05) is 6.61 Å². The van der Waals surface area contributed by atoms with E-state index < -0.39 is 0 Å². The molecular formula is C10H13N3O. The Hall–Kier alpha value is -1.29. The number of rotatable bonds is 2. The van der Waals surface area contributed by atoms with Crippen LogP contribution in [-0.4, -0.2) is 29.6 Å². The molecule has 0 unspecified atom stereocenters. The summed E-state index contributed by atoms with van der Waals surface area (Å²) in [5, 5.41) is 0. The van der Waals surface area contributed by atoms with Crippen LogP contribution < -0.4 is 0 Å². The molecule has 0 spiro atoms. The van der Waals surface area contributed by atoms with Crippen LogP contribution in [0.15, 0.2) is 27.3 Å². The zero-order valence-corrected chi connectivity index (χ0v) is 8.61. The topological polar surface area (TPSA) is 46.3 Å². The molecule has 0 radical (unpaired) electrons. The molecule has 0 aliphatic carbocycles. The highest BCUT2D eigenvalue weighted by Gasteiger charge is 2.20. The first-order chi connectivity index (χ1) is 6.54. The maximum atomic E-state index is 5.56. The monoisotopic (exact) mass is 191 g/mol. The van der Waals surface area contributed by atoms with Crippen molar-refractivity contribution in [1.82, 2.24) is 0 Å². The van der Waals surface area contributed by atoms with E-state index in [1.807, 2.05) is 26.8 Å². The van der Waals surface area contributed by atoms with Gasteiger partial charge in [-0.2, -0.15) is 0 Å². The van der Waals surface area contributed by atoms with Crippen molar-refractivity contribution in [3.05, 3.63) is 12.3 Å². The van der Waals surface area contributed by atoms with Gasteiger partial charge in [-0.3, -0.25) is 0 Å². The largest absolute Gasteiger partial charge is 0.368 e. The molecule has 0 aromatic carbocycles. The van der Waals surface area contributed by atoms with Gasteiger partial charge < -0.3 is 4.74 Å². The summed E-state index contributed by atoms with van der Waals surface area (Å²) in [5.74, 6) is 1.41. The minimum absolute atomic E-state index is 0.155. The Labute approximate surface area is 83.1 Å². The highest BCUT2D eigenvalue weighted by molar-refractivity contribution is 6.52. The van der Waals surface area contributed by atoms with Gasteiger partial charge in [-0.25, -0.2) is 15.0 Å². The summed E-state index contributed by atoms with van der Waals surface area (Å²) < 4.78 is 5.56. The highest BCUT2D eigenvalue weighted by atomic mass is 16.5. The van der Waals surface area contributed by atoms with E-state index in [4.69, 9.17) is 4.74 Å². The molecule has 2 aliphatic rings. The fourth-order valence-corrected chi connectivity index (χ4v) is 1.12. The van der Waals surface area contributed by atoms with Crippen molar-refractivity contribution in [1.29, 1.82) is 0 Å². The van der Waals surface area contributed by atoms with E-state index in [0.717, 1.165) is 5.71 Å². The van der Waals surface area contributed by atoms with Crippen molar-refractivity contribution in [2.24, 2.45) is 15.0 Å². The number of amidine groups is 2. The summed E-state index contributed by atoms with van der Waals surface area (Å²) in [6, 6.07) is 0. The quantitative estimate of drug-likeness (QED) is 0.653. The molecule has 0 atom stereocenters. The van der Waals surface area contributed by atoms with Gasteiger partial charge in [0.15, 0.2) is 11.7 Å². The summed E-state index contributed by atoms with van der Waals surface area (Å²) in [6.07, 6.45) is 3.56. The van der Waals surface area contributed by atoms with Crippen LogP contribution in [0.5, 0.6) is 0 Å². The Bertz CT molecular complexity index is 369. The van der Waals surface area contributed by atoms with Gasteiger partial charge in [-0.05, 0) is 26.8 Å². The van der Waals surface area contributed by atoms with E-state index >= 15 is 0 Å². The van der Waals surface area contributed by atoms with Gasteiger partial charge in [0, 0.05) is 6.20 Å². The molecule has 0 N–H and O–H groups in total. The molecule has 0 saturated carbocycles. The number of ether oxygens (including phenoxy) is 1. The Balaban J connectivity index is 1.97. The molecule has 4 heteroatoms. The maximum Gasteiger partial charge on any atom is 0.180 e. The summed E-state index contributed by atoms with van der Waals surface area (Å²) in [4.78, 5) is 12.6. The molecule has 4 nitrogen and oxygen atoms in total. The zero-order valence-electron chi connectivity index (χ0n) is 8.61. The SMILES string of the molecule is CC(C)(C)OCC1=NC2=NC=CC2=N1. The van der Waals surface area contributed by atoms with Crippen molar-refractivity contribution >= 4 is 17.4 Å². The van der Waals surface area contributed by atoms with E-state index in [2.05, 4.69) is 15.0 Å². The molecule has 0 aromatic heterocycles. The first kappa shape index (κ1) is 9.27. The average Bonchev–Trinajstić information content (AvgIpc) is 2.56. The molecule has 74 valence electrons. The molecule has 2 heterocycles. The summed E-state index contributed by atoms with van der Waals surface area (Å²) >= 11 is 0. The van der Waals surface area contributed by atoms with E-state index in [0.29, 0.717) is 18.3 Å². The number of hydrogen-bond donors (Lipinski definition) is 0. The van der Waals surface area contributed by atoms with Crippen LogP contribution in [0, 0.1) is 0 Å². The minimum Gasteiger partial charge on any atom is -0.368 e. The van der Waals surface area contributed by atoms with Crippen LogP contribution in [0.25, 0.3) is 0 Å². The first-order valence-corrected chi connectivity index (χ1v) is 4.59. The lowest BCUT2D eigenvalue weighted by Gasteiger charge is -2.18. The smallest absolute Gasteiger partial charge is 0.180 e. The fraction of sp³-hybridized carbons (Fsp3) is 0.500. The Morgan fingerprint density at radius 1 is 1.29 bits per heavy atom. The minimum atomic E-state index is -0.155. The lowest BCUT2D eigenvalue weighted by Crippen LogP contribution is -2.22. The van der Waals surface area contributed by atoms with Gasteiger partial charge in [0.05, 0.1) is 5.60 Å². The van der Waals surface area contributed by atoms with Crippen molar-refractivity contribution < 1.29 is 4.74 Å². The predicted octanol–water partition coefficient (Wildman–Crippen LogP) is 1.58. The first-order valence-electron chi connectivity index (χ1n) is 4.59. The Morgan fingerprint density at radius 3 is 2.71 bits per heavy atom. The van der Waals surface area contributed by atoms with Gasteiger partial charge >= 0.3 is 0 Å². The normalized spacial score (nSPS) is 19.2. The van der Waals surface area contributed by atoms with Crippen LogP contribution in [0.3, 0.4) is 0 Å². The number of fused-ring (bicyclic) bond motifs is 1. The Morgan fingerprint density at radius 2 is 2.07 bits per heavy atom. The second-order valence-corrected chi connectivity index (χ2v) is 4.19. The molecule has 0 fully saturated rings. The average molecular weight is 191 g/mol. The van der Waals surface area contributed by atoms with Crippen LogP contribution in [0.2, 0.25) is 0 Å². The summed E-state index contributed by atoms with van der Waals surface area (Å²) in [7, 11) is 0. The fourth-order valence-electron chi connectivity index (χ4n) is 1.12. The van der Waals surface area contributed by atoms with Gasteiger partial charge in [0.1, 0.15) is 12.3 Å². The van der Waals surface area contributed by atoms with Gasteiger partial charge in [0.2, 0.25) is 0 Å². The summed E-state index contributed by atoms with van der Waals surface area (Å²) in [6.45, 7) is 6.47. The van der Waals surface area contributed by atoms with E-state index in [1.54, 1.807) is 6.20 Å². The third kappa shape index (κ3) is 1.96. The van der Waals surface area contributed by atoms with E-state index in [-0.39, 0.29) is 5.60 Å². The highest BCUT2D eigenvalue weighted by Crippen LogP contribution is 2.11. The van der Waals surface area contributed by atoms with Crippen molar-refractivity contribution in [3.63, 3.8) is 0 Å². The van der Waals surface area contributed by atoms with Gasteiger partial charge in [0.25, 0.3) is 0 Å². The van der Waals surface area contributed by atoms with Crippen LogP contribution in [-0.2, 0) is 4.74 Å². The number of aliphatic imine (C=N–C) groups is 3.